The summed E-state index contributed by atoms with van der Waals surface area (Å²) in [5.74, 6) is 0.505. The van der Waals surface area contributed by atoms with E-state index in [2.05, 4.69) is 15.3 Å². The van der Waals surface area contributed by atoms with Crippen molar-refractivity contribution in [3.05, 3.63) is 60.4 Å². The van der Waals surface area contributed by atoms with E-state index in [-0.39, 0.29) is 5.91 Å². The first-order valence-electron chi connectivity index (χ1n) is 7.02. The molecular formula is C17H15N3O2. The number of benzene rings is 1. The molecule has 0 unspecified atom stereocenters. The van der Waals surface area contributed by atoms with Gasteiger partial charge in [-0.3, -0.25) is 4.79 Å². The minimum atomic E-state index is -0.267. The molecule has 0 saturated heterocycles. The molecule has 2 heterocycles. The second-order valence-electron chi connectivity index (χ2n) is 4.66. The molecule has 1 N–H and O–H groups in total. The first-order valence-corrected chi connectivity index (χ1v) is 7.02. The lowest BCUT2D eigenvalue weighted by Crippen LogP contribution is -2.13. The Morgan fingerprint density at radius 2 is 1.95 bits per heavy atom. The van der Waals surface area contributed by atoms with Crippen molar-refractivity contribution in [2.45, 2.75) is 6.92 Å². The Balaban J connectivity index is 1.77. The molecule has 0 aliphatic carbocycles. The van der Waals surface area contributed by atoms with Crippen molar-refractivity contribution in [2.24, 2.45) is 0 Å². The average Bonchev–Trinajstić information content (AvgIpc) is 2.56. The van der Waals surface area contributed by atoms with Crippen LogP contribution in [0.4, 0.5) is 5.69 Å². The van der Waals surface area contributed by atoms with Gasteiger partial charge in [0.05, 0.1) is 6.61 Å². The summed E-state index contributed by atoms with van der Waals surface area (Å²) in [5.41, 5.74) is 1.58. The molecule has 1 aromatic carbocycles. The fraction of sp³-hybridized carbons (Fsp3) is 0.118. The monoisotopic (exact) mass is 293 g/mol. The Labute approximate surface area is 128 Å². The molecule has 5 nitrogen and oxygen atoms in total. The van der Waals surface area contributed by atoms with Gasteiger partial charge in [0.15, 0.2) is 5.65 Å². The van der Waals surface area contributed by atoms with Crippen LogP contribution in [0, 0.1) is 0 Å². The third-order valence-electron chi connectivity index (χ3n) is 3.12. The number of hydrogen-bond donors (Lipinski definition) is 1. The third kappa shape index (κ3) is 3.03. The molecule has 0 radical (unpaired) electrons. The van der Waals surface area contributed by atoms with Crippen LogP contribution in [0.25, 0.3) is 11.0 Å². The highest BCUT2D eigenvalue weighted by Gasteiger charge is 2.09. The lowest BCUT2D eigenvalue weighted by atomic mass is 10.2. The number of carbonyl (C=O) groups is 1. The minimum Gasteiger partial charge on any atom is -0.494 e. The van der Waals surface area contributed by atoms with Crippen LogP contribution in [0.15, 0.2) is 54.7 Å². The van der Waals surface area contributed by atoms with Gasteiger partial charge in [-0.15, -0.1) is 0 Å². The van der Waals surface area contributed by atoms with E-state index in [1.165, 1.54) is 0 Å². The fourth-order valence-electron chi connectivity index (χ4n) is 2.08. The number of ether oxygens (including phenoxy) is 1. The highest BCUT2D eigenvalue weighted by Crippen LogP contribution is 2.16. The molecule has 2 aromatic heterocycles. The number of nitrogens with one attached hydrogen (secondary N) is 1. The molecule has 0 saturated carbocycles. The highest BCUT2D eigenvalue weighted by molar-refractivity contribution is 6.03. The van der Waals surface area contributed by atoms with Gasteiger partial charge >= 0.3 is 0 Å². The van der Waals surface area contributed by atoms with Gasteiger partial charge in [-0.2, -0.15) is 0 Å². The Hall–Kier alpha value is -2.95. The molecule has 3 aromatic rings. The van der Waals surface area contributed by atoms with Crippen molar-refractivity contribution < 1.29 is 9.53 Å². The third-order valence-corrected chi connectivity index (χ3v) is 3.12. The molecule has 22 heavy (non-hydrogen) atoms. The Morgan fingerprint density at radius 3 is 2.73 bits per heavy atom. The number of anilines is 1. The summed E-state index contributed by atoms with van der Waals surface area (Å²) in [6.45, 7) is 2.54. The van der Waals surface area contributed by atoms with Gasteiger partial charge in [-0.25, -0.2) is 9.97 Å². The van der Waals surface area contributed by atoms with Gasteiger partial charge in [0.1, 0.15) is 11.4 Å². The topological polar surface area (TPSA) is 64.1 Å². The first kappa shape index (κ1) is 14.0. The molecule has 0 atom stereocenters. The van der Waals surface area contributed by atoms with Crippen molar-refractivity contribution in [3.8, 4) is 5.75 Å². The number of carbonyl (C=O) groups excluding carboxylic acids is 1. The SMILES string of the molecule is CCOc1ccc(NC(=O)c2ccc3cccnc3n2)cc1. The largest absolute Gasteiger partial charge is 0.494 e. The van der Waals surface area contributed by atoms with E-state index < -0.39 is 0 Å². The predicted octanol–water partition coefficient (Wildman–Crippen LogP) is 3.28. The lowest BCUT2D eigenvalue weighted by Gasteiger charge is -2.07. The van der Waals surface area contributed by atoms with E-state index in [4.69, 9.17) is 4.74 Å². The van der Waals surface area contributed by atoms with Crippen molar-refractivity contribution in [3.63, 3.8) is 0 Å². The number of hydrogen-bond acceptors (Lipinski definition) is 4. The van der Waals surface area contributed by atoms with Crippen LogP contribution in [-0.4, -0.2) is 22.5 Å². The molecule has 0 fully saturated rings. The molecule has 0 spiro atoms. The van der Waals surface area contributed by atoms with Gasteiger partial charge < -0.3 is 10.1 Å². The zero-order valence-corrected chi connectivity index (χ0v) is 12.1. The number of nitrogens with zero attached hydrogens (tertiary/aromatic N) is 2. The van der Waals surface area contributed by atoms with Gasteiger partial charge in [0.25, 0.3) is 5.91 Å². The van der Waals surface area contributed by atoms with Gasteiger partial charge in [0, 0.05) is 17.3 Å². The van der Waals surface area contributed by atoms with Gasteiger partial charge in [-0.05, 0) is 55.5 Å². The van der Waals surface area contributed by atoms with E-state index in [9.17, 15) is 4.79 Å². The first-order chi connectivity index (χ1) is 10.8. The number of fused-ring (bicyclic) bond motifs is 1. The maximum Gasteiger partial charge on any atom is 0.274 e. The van der Waals surface area contributed by atoms with E-state index in [1.54, 1.807) is 24.4 Å². The van der Waals surface area contributed by atoms with Gasteiger partial charge in [-0.1, -0.05) is 0 Å². The smallest absolute Gasteiger partial charge is 0.274 e. The molecule has 110 valence electrons. The number of rotatable bonds is 4. The lowest BCUT2D eigenvalue weighted by molar-refractivity contribution is 0.102. The Morgan fingerprint density at radius 1 is 1.14 bits per heavy atom. The molecule has 1 amide bonds. The van der Waals surface area contributed by atoms with Crippen molar-refractivity contribution in [1.29, 1.82) is 0 Å². The normalized spacial score (nSPS) is 10.4. The fourth-order valence-corrected chi connectivity index (χ4v) is 2.08. The van der Waals surface area contributed by atoms with E-state index in [0.717, 1.165) is 11.1 Å². The van der Waals surface area contributed by atoms with Crippen LogP contribution >= 0.6 is 0 Å². The summed E-state index contributed by atoms with van der Waals surface area (Å²) in [7, 11) is 0. The number of amides is 1. The zero-order chi connectivity index (χ0) is 15.4. The summed E-state index contributed by atoms with van der Waals surface area (Å²) in [4.78, 5) is 20.7. The van der Waals surface area contributed by atoms with Crippen molar-refractivity contribution in [2.75, 3.05) is 11.9 Å². The molecule has 0 bridgehead atoms. The quantitative estimate of drug-likeness (QED) is 0.801. The molecule has 3 rings (SSSR count). The Bertz CT molecular complexity index is 800. The Kier molecular flexibility index (Phi) is 3.96. The van der Waals surface area contributed by atoms with E-state index in [1.807, 2.05) is 37.3 Å². The summed E-state index contributed by atoms with van der Waals surface area (Å²) in [5, 5.41) is 3.71. The van der Waals surface area contributed by atoms with Crippen LogP contribution in [0.3, 0.4) is 0 Å². The van der Waals surface area contributed by atoms with Crippen LogP contribution in [-0.2, 0) is 0 Å². The summed E-state index contributed by atoms with van der Waals surface area (Å²) >= 11 is 0. The van der Waals surface area contributed by atoms with E-state index in [0.29, 0.717) is 23.6 Å². The molecule has 0 aliphatic heterocycles. The molecule has 0 aliphatic rings. The minimum absolute atomic E-state index is 0.267. The maximum atomic E-state index is 12.2. The molecular weight excluding hydrogens is 278 g/mol. The van der Waals surface area contributed by atoms with Crippen molar-refractivity contribution in [1.82, 2.24) is 9.97 Å². The summed E-state index contributed by atoms with van der Waals surface area (Å²) in [6.07, 6.45) is 1.66. The standard InChI is InChI=1S/C17H15N3O2/c1-2-22-14-8-6-13(7-9-14)19-17(21)15-10-5-12-4-3-11-18-16(12)20-15/h3-11H,2H2,1H3,(H,19,21). The summed E-state index contributed by atoms with van der Waals surface area (Å²) < 4.78 is 5.37. The van der Waals surface area contributed by atoms with Crippen LogP contribution in [0.2, 0.25) is 0 Å². The zero-order valence-electron chi connectivity index (χ0n) is 12.1. The maximum absolute atomic E-state index is 12.2. The highest BCUT2D eigenvalue weighted by atomic mass is 16.5. The number of pyridine rings is 2. The van der Waals surface area contributed by atoms with Crippen LogP contribution < -0.4 is 10.1 Å². The average molecular weight is 293 g/mol. The molecule has 5 heteroatoms. The summed E-state index contributed by atoms with van der Waals surface area (Å²) in [6, 6.07) is 14.5. The second-order valence-corrected chi connectivity index (χ2v) is 4.66. The van der Waals surface area contributed by atoms with Crippen LogP contribution in [0.5, 0.6) is 5.75 Å². The van der Waals surface area contributed by atoms with Gasteiger partial charge in [0.2, 0.25) is 0 Å². The van der Waals surface area contributed by atoms with E-state index >= 15 is 0 Å². The predicted molar refractivity (Wildman–Crippen MR) is 85.1 cm³/mol. The number of aromatic nitrogens is 2. The van der Waals surface area contributed by atoms with Crippen molar-refractivity contribution >= 4 is 22.6 Å². The van der Waals surface area contributed by atoms with Crippen LogP contribution in [0.1, 0.15) is 17.4 Å². The second kappa shape index (κ2) is 6.22.